The molecule has 2 nitrogen and oxygen atoms in total. The standard InChI is InChI=1S/C13H8ClNO/c14-11-4-5-12-10(3-1-2-8-16)6-7-15-13(12)9-11/h4-9H,2H2. The second-order valence-electron chi connectivity index (χ2n) is 3.19. The lowest BCUT2D eigenvalue weighted by molar-refractivity contribution is -0.107. The number of aldehydes is 1. The number of fused-ring (bicyclic) bond motifs is 1. The lowest BCUT2D eigenvalue weighted by Gasteiger charge is -1.99. The second-order valence-corrected chi connectivity index (χ2v) is 3.63. The van der Waals surface area contributed by atoms with Gasteiger partial charge >= 0.3 is 0 Å². The maximum atomic E-state index is 10.2. The summed E-state index contributed by atoms with van der Waals surface area (Å²) in [6, 6.07) is 7.31. The Morgan fingerprint density at radius 1 is 1.38 bits per heavy atom. The summed E-state index contributed by atoms with van der Waals surface area (Å²) in [6.45, 7) is 0. The van der Waals surface area contributed by atoms with Crippen LogP contribution in [0.4, 0.5) is 0 Å². The van der Waals surface area contributed by atoms with Crippen LogP contribution in [-0.2, 0) is 4.79 Å². The predicted molar refractivity (Wildman–Crippen MR) is 64.3 cm³/mol. The van der Waals surface area contributed by atoms with Crippen LogP contribution in [-0.4, -0.2) is 11.3 Å². The summed E-state index contributed by atoms with van der Waals surface area (Å²) in [5, 5.41) is 1.60. The maximum absolute atomic E-state index is 10.2. The van der Waals surface area contributed by atoms with Crippen LogP contribution in [0.3, 0.4) is 0 Å². The van der Waals surface area contributed by atoms with Gasteiger partial charge in [-0.15, -0.1) is 0 Å². The number of nitrogens with zero attached hydrogens (tertiary/aromatic N) is 1. The van der Waals surface area contributed by atoms with Gasteiger partial charge < -0.3 is 4.79 Å². The summed E-state index contributed by atoms with van der Waals surface area (Å²) in [4.78, 5) is 14.4. The Labute approximate surface area is 98.3 Å². The Balaban J connectivity index is 2.55. The zero-order valence-electron chi connectivity index (χ0n) is 8.40. The highest BCUT2D eigenvalue weighted by Gasteiger charge is 1.99. The van der Waals surface area contributed by atoms with Crippen molar-refractivity contribution in [2.24, 2.45) is 0 Å². The molecule has 1 aromatic carbocycles. The van der Waals surface area contributed by atoms with Gasteiger partial charge in [-0.1, -0.05) is 29.5 Å². The first kappa shape index (κ1) is 10.7. The number of hydrogen-bond acceptors (Lipinski definition) is 2. The molecule has 0 N–H and O–H groups in total. The summed E-state index contributed by atoms with van der Waals surface area (Å²) in [7, 11) is 0. The van der Waals surface area contributed by atoms with Crippen LogP contribution in [0.2, 0.25) is 5.02 Å². The topological polar surface area (TPSA) is 30.0 Å². The summed E-state index contributed by atoms with van der Waals surface area (Å²) in [5.41, 5.74) is 1.67. The zero-order chi connectivity index (χ0) is 11.4. The van der Waals surface area contributed by atoms with Crippen molar-refractivity contribution in [2.75, 3.05) is 0 Å². The fourth-order valence-electron chi connectivity index (χ4n) is 1.42. The maximum Gasteiger partial charge on any atom is 0.131 e. The molecule has 0 bridgehead atoms. The van der Waals surface area contributed by atoms with Crippen molar-refractivity contribution in [1.29, 1.82) is 0 Å². The van der Waals surface area contributed by atoms with Gasteiger partial charge in [-0.25, -0.2) is 0 Å². The molecule has 0 aliphatic carbocycles. The van der Waals surface area contributed by atoms with Crippen molar-refractivity contribution < 1.29 is 4.79 Å². The normalized spacial score (nSPS) is 9.56. The lowest BCUT2D eigenvalue weighted by Crippen LogP contribution is -1.83. The zero-order valence-corrected chi connectivity index (χ0v) is 9.16. The van der Waals surface area contributed by atoms with Gasteiger partial charge in [-0.05, 0) is 18.2 Å². The highest BCUT2D eigenvalue weighted by atomic mass is 35.5. The van der Waals surface area contributed by atoms with Crippen LogP contribution in [0.15, 0.2) is 30.5 Å². The minimum absolute atomic E-state index is 0.247. The molecule has 78 valence electrons. The third-order valence-electron chi connectivity index (χ3n) is 2.11. The second kappa shape index (κ2) is 4.78. The van der Waals surface area contributed by atoms with Crippen LogP contribution in [0.5, 0.6) is 0 Å². The smallest absolute Gasteiger partial charge is 0.131 e. The molecule has 2 rings (SSSR count). The molecular weight excluding hydrogens is 222 g/mol. The van der Waals surface area contributed by atoms with E-state index in [-0.39, 0.29) is 6.42 Å². The number of benzene rings is 1. The van der Waals surface area contributed by atoms with Crippen LogP contribution >= 0.6 is 11.6 Å². The molecule has 0 spiro atoms. The van der Waals surface area contributed by atoms with Gasteiger partial charge in [0.25, 0.3) is 0 Å². The van der Waals surface area contributed by atoms with E-state index in [1.54, 1.807) is 18.3 Å². The highest BCUT2D eigenvalue weighted by molar-refractivity contribution is 6.31. The predicted octanol–water partition coefficient (Wildman–Crippen LogP) is 2.83. The molecule has 0 atom stereocenters. The summed E-state index contributed by atoms with van der Waals surface area (Å²) in [5.74, 6) is 5.72. The van der Waals surface area contributed by atoms with E-state index in [1.807, 2.05) is 12.1 Å². The Morgan fingerprint density at radius 3 is 3.06 bits per heavy atom. The van der Waals surface area contributed by atoms with Gasteiger partial charge in [0.05, 0.1) is 11.9 Å². The van der Waals surface area contributed by atoms with Crippen LogP contribution < -0.4 is 0 Å². The average molecular weight is 230 g/mol. The average Bonchev–Trinajstić information content (AvgIpc) is 2.29. The first-order valence-corrected chi connectivity index (χ1v) is 5.16. The van der Waals surface area contributed by atoms with Crippen molar-refractivity contribution in [3.8, 4) is 11.8 Å². The Morgan fingerprint density at radius 2 is 2.25 bits per heavy atom. The largest absolute Gasteiger partial charge is 0.302 e. The third-order valence-corrected chi connectivity index (χ3v) is 2.35. The third kappa shape index (κ3) is 2.21. The quantitative estimate of drug-likeness (QED) is 0.556. The molecule has 0 aliphatic heterocycles. The first-order chi connectivity index (χ1) is 7.81. The van der Waals surface area contributed by atoms with Gasteiger partial charge in [0.15, 0.2) is 0 Å². The molecule has 16 heavy (non-hydrogen) atoms. The van der Waals surface area contributed by atoms with E-state index in [1.165, 1.54) is 0 Å². The summed E-state index contributed by atoms with van der Waals surface area (Å²) in [6.07, 6.45) is 2.72. The molecule has 0 saturated carbocycles. The van der Waals surface area contributed by atoms with Gasteiger partial charge in [0, 0.05) is 22.2 Å². The van der Waals surface area contributed by atoms with E-state index in [2.05, 4.69) is 16.8 Å². The Bertz CT molecular complexity index is 596. The van der Waals surface area contributed by atoms with Crippen molar-refractivity contribution in [2.45, 2.75) is 6.42 Å². The number of halogens is 1. The number of aromatic nitrogens is 1. The Hall–Kier alpha value is -1.85. The number of carbonyl (C=O) groups is 1. The van der Waals surface area contributed by atoms with Gasteiger partial charge in [-0.3, -0.25) is 4.98 Å². The fourth-order valence-corrected chi connectivity index (χ4v) is 1.58. The number of pyridine rings is 1. The van der Waals surface area contributed by atoms with Crippen LogP contribution in [0.25, 0.3) is 10.9 Å². The minimum Gasteiger partial charge on any atom is -0.302 e. The molecule has 1 aromatic heterocycles. The summed E-state index contributed by atoms with van der Waals surface area (Å²) < 4.78 is 0. The molecular formula is C13H8ClNO. The SMILES string of the molecule is O=CCC#Cc1ccnc2cc(Cl)ccc12. The molecule has 1 heterocycles. The lowest BCUT2D eigenvalue weighted by atomic mass is 10.1. The molecule has 0 unspecified atom stereocenters. The van der Waals surface area contributed by atoms with Crippen LogP contribution in [0, 0.1) is 11.8 Å². The van der Waals surface area contributed by atoms with E-state index in [0.29, 0.717) is 5.02 Å². The number of rotatable bonds is 1. The van der Waals surface area contributed by atoms with E-state index in [9.17, 15) is 4.79 Å². The summed E-state index contributed by atoms with van der Waals surface area (Å²) >= 11 is 5.88. The first-order valence-electron chi connectivity index (χ1n) is 4.78. The van der Waals surface area contributed by atoms with Gasteiger partial charge in [-0.2, -0.15) is 0 Å². The highest BCUT2D eigenvalue weighted by Crippen LogP contribution is 2.19. The van der Waals surface area contributed by atoms with Crippen molar-refractivity contribution in [3.05, 3.63) is 41.0 Å². The van der Waals surface area contributed by atoms with Crippen molar-refractivity contribution >= 4 is 28.8 Å². The van der Waals surface area contributed by atoms with E-state index >= 15 is 0 Å². The molecule has 0 saturated heterocycles. The minimum atomic E-state index is 0.247. The fraction of sp³-hybridized carbons (Fsp3) is 0.0769. The molecule has 3 heteroatoms. The number of carbonyl (C=O) groups excluding carboxylic acids is 1. The van der Waals surface area contributed by atoms with Gasteiger partial charge in [0.2, 0.25) is 0 Å². The Kier molecular flexibility index (Phi) is 3.19. The van der Waals surface area contributed by atoms with Crippen LogP contribution in [0.1, 0.15) is 12.0 Å². The molecule has 0 radical (unpaired) electrons. The monoisotopic (exact) mass is 229 g/mol. The van der Waals surface area contributed by atoms with Crippen molar-refractivity contribution in [1.82, 2.24) is 4.98 Å². The number of hydrogen-bond donors (Lipinski definition) is 0. The molecule has 2 aromatic rings. The molecule has 0 fully saturated rings. The molecule has 0 aliphatic rings. The van der Waals surface area contributed by atoms with E-state index in [4.69, 9.17) is 11.6 Å². The van der Waals surface area contributed by atoms with Gasteiger partial charge in [0.1, 0.15) is 6.29 Å². The van der Waals surface area contributed by atoms with E-state index < -0.39 is 0 Å². The van der Waals surface area contributed by atoms with E-state index in [0.717, 1.165) is 22.8 Å². The van der Waals surface area contributed by atoms with Crippen molar-refractivity contribution in [3.63, 3.8) is 0 Å². The molecule has 0 amide bonds.